The second-order valence-corrected chi connectivity index (χ2v) is 11.0. The van der Waals surface area contributed by atoms with Gasteiger partial charge in [-0.25, -0.2) is 12.7 Å². The van der Waals surface area contributed by atoms with Gasteiger partial charge in [-0.05, 0) is 17.5 Å². The molecule has 0 saturated heterocycles. The lowest BCUT2D eigenvalue weighted by molar-refractivity contribution is 0.460. The zero-order valence-electron chi connectivity index (χ0n) is 19.6. The minimum Gasteiger partial charge on any atom is -0.504 e. The molecular formula is C21H31N5O4S3. The van der Waals surface area contributed by atoms with Gasteiger partial charge < -0.3 is 20.2 Å². The zero-order valence-corrected chi connectivity index (χ0v) is 22.1. The van der Waals surface area contributed by atoms with Gasteiger partial charge in [0.25, 0.3) is 10.0 Å². The molecule has 0 radical (unpaired) electrons. The third-order valence-electron chi connectivity index (χ3n) is 3.96. The van der Waals surface area contributed by atoms with Gasteiger partial charge in [-0.1, -0.05) is 34.1 Å². The van der Waals surface area contributed by atoms with Crippen LogP contribution in [0.3, 0.4) is 0 Å². The van der Waals surface area contributed by atoms with Gasteiger partial charge in [-0.3, -0.25) is 0 Å². The first-order valence-electron chi connectivity index (χ1n) is 10.1. The van der Waals surface area contributed by atoms with Gasteiger partial charge >= 0.3 is 0 Å². The van der Waals surface area contributed by atoms with E-state index < -0.39 is 10.0 Å². The molecule has 0 fully saturated rings. The van der Waals surface area contributed by atoms with E-state index in [1.54, 1.807) is 6.26 Å². The molecule has 0 aliphatic carbocycles. The Kier molecular flexibility index (Phi) is 11.4. The van der Waals surface area contributed by atoms with Gasteiger partial charge in [-0.15, -0.1) is 24.2 Å². The Morgan fingerprint density at radius 1 is 1.21 bits per heavy atom. The van der Waals surface area contributed by atoms with E-state index in [0.29, 0.717) is 24.1 Å². The largest absolute Gasteiger partial charge is 0.504 e. The maximum absolute atomic E-state index is 12.2. The fraction of sp³-hybridized carbons (Fsp3) is 0.429. The number of anilines is 3. The van der Waals surface area contributed by atoms with Crippen LogP contribution in [0.25, 0.3) is 0 Å². The predicted molar refractivity (Wildman–Crippen MR) is 136 cm³/mol. The van der Waals surface area contributed by atoms with E-state index >= 15 is 0 Å². The van der Waals surface area contributed by atoms with Crippen molar-refractivity contribution in [1.29, 1.82) is 0 Å². The summed E-state index contributed by atoms with van der Waals surface area (Å²) in [6.45, 7) is 8.85. The normalized spacial score (nSPS) is 10.8. The Morgan fingerprint density at radius 3 is 2.36 bits per heavy atom. The highest BCUT2D eigenvalue weighted by atomic mass is 32.2. The number of rotatable bonds is 8. The van der Waals surface area contributed by atoms with Crippen molar-refractivity contribution >= 4 is 50.4 Å². The maximum atomic E-state index is 12.2. The highest BCUT2D eigenvalue weighted by Gasteiger charge is 2.26. The van der Waals surface area contributed by atoms with Crippen LogP contribution in [-0.2, 0) is 16.6 Å². The number of nitrogens with zero attached hydrogens (tertiary/aromatic N) is 3. The standard InChI is InChI=1S/C16H21N5O4S3.C3H8.C2H2/c1-9(2)10-5-11(25-7-10)6-17-14-15(20-27-19-14)18-12-8-26-16(13(12)22)28(23,24)21(3)4;1-3-2;1-2/h5,7-9,22H,6H2,1-4H3,(H,17,19)(H,18,20);3H2,1-2H3;1-2H. The highest BCUT2D eigenvalue weighted by molar-refractivity contribution is 7.91. The van der Waals surface area contributed by atoms with Crippen LogP contribution in [0.5, 0.6) is 5.75 Å². The van der Waals surface area contributed by atoms with Gasteiger partial charge in [0, 0.05) is 19.5 Å². The number of nitrogens with one attached hydrogen (secondary N) is 2. The molecule has 0 saturated carbocycles. The van der Waals surface area contributed by atoms with Crippen molar-refractivity contribution in [2.45, 2.75) is 50.8 Å². The van der Waals surface area contributed by atoms with Crippen molar-refractivity contribution in [3.8, 4) is 18.6 Å². The van der Waals surface area contributed by atoms with Gasteiger partial charge in [0.2, 0.25) is 0 Å². The van der Waals surface area contributed by atoms with Gasteiger partial charge in [0.15, 0.2) is 21.6 Å². The minimum atomic E-state index is -3.73. The molecule has 0 atom stereocenters. The third kappa shape index (κ3) is 7.46. The molecule has 0 bridgehead atoms. The van der Waals surface area contributed by atoms with E-state index in [1.165, 1.54) is 25.9 Å². The molecule has 3 rings (SSSR count). The molecule has 0 unspecified atom stereocenters. The molecule has 0 amide bonds. The summed E-state index contributed by atoms with van der Waals surface area (Å²) in [7, 11) is -0.906. The van der Waals surface area contributed by atoms with Gasteiger partial charge in [0.1, 0.15) is 5.76 Å². The van der Waals surface area contributed by atoms with E-state index in [-0.39, 0.29) is 15.6 Å². The molecule has 9 nitrogen and oxygen atoms in total. The van der Waals surface area contributed by atoms with Crippen LogP contribution >= 0.6 is 23.1 Å². The predicted octanol–water partition coefficient (Wildman–Crippen LogP) is 5.29. The molecule has 33 heavy (non-hydrogen) atoms. The van der Waals surface area contributed by atoms with Crippen molar-refractivity contribution in [3.63, 3.8) is 0 Å². The third-order valence-corrected chi connectivity index (χ3v) is 7.79. The number of thiophene rings is 1. The molecule has 3 aromatic heterocycles. The lowest BCUT2D eigenvalue weighted by Gasteiger charge is -2.10. The molecule has 0 aliphatic heterocycles. The molecule has 3 N–H and O–H groups in total. The number of aromatic hydroxyl groups is 1. The highest BCUT2D eigenvalue weighted by Crippen LogP contribution is 2.40. The second kappa shape index (κ2) is 13.2. The summed E-state index contributed by atoms with van der Waals surface area (Å²) in [6.07, 6.45) is 11.0. The molecule has 12 heteroatoms. The number of furan rings is 1. The number of hydrogen-bond acceptors (Lipinski definition) is 10. The van der Waals surface area contributed by atoms with Crippen LogP contribution in [0.15, 0.2) is 26.3 Å². The van der Waals surface area contributed by atoms with Crippen LogP contribution in [-0.4, -0.2) is 40.7 Å². The first kappa shape index (κ1) is 28.4. The molecule has 0 spiro atoms. The molecule has 3 aromatic rings. The monoisotopic (exact) mass is 513 g/mol. The van der Waals surface area contributed by atoms with E-state index in [0.717, 1.165) is 38.7 Å². The van der Waals surface area contributed by atoms with Crippen LogP contribution in [0.4, 0.5) is 17.3 Å². The minimum absolute atomic E-state index is 0.130. The van der Waals surface area contributed by atoms with Gasteiger partial charge in [0.05, 0.1) is 30.2 Å². The first-order chi connectivity index (χ1) is 15.6. The average Bonchev–Trinajstić information content (AvgIpc) is 3.50. The van der Waals surface area contributed by atoms with Crippen molar-refractivity contribution in [3.05, 3.63) is 29.0 Å². The quantitative estimate of drug-likeness (QED) is 0.347. The molecule has 0 aliphatic rings. The maximum Gasteiger partial charge on any atom is 0.255 e. The summed E-state index contributed by atoms with van der Waals surface area (Å²) < 4.78 is 39.3. The second-order valence-electron chi connectivity index (χ2n) is 7.22. The van der Waals surface area contributed by atoms with Crippen molar-refractivity contribution in [2.24, 2.45) is 0 Å². The first-order valence-corrected chi connectivity index (χ1v) is 13.1. The summed E-state index contributed by atoms with van der Waals surface area (Å²) in [6, 6.07) is 1.98. The summed E-state index contributed by atoms with van der Waals surface area (Å²) in [5.41, 5.74) is 1.37. The lowest BCUT2D eigenvalue weighted by atomic mass is 10.1. The smallest absolute Gasteiger partial charge is 0.255 e. The van der Waals surface area contributed by atoms with E-state index in [9.17, 15) is 13.5 Å². The summed E-state index contributed by atoms with van der Waals surface area (Å²) in [4.78, 5) is 0. The number of sulfonamides is 1. The summed E-state index contributed by atoms with van der Waals surface area (Å²) >= 11 is 1.93. The molecule has 3 heterocycles. The number of terminal acetylenes is 1. The van der Waals surface area contributed by atoms with Gasteiger partial charge in [-0.2, -0.15) is 8.75 Å². The van der Waals surface area contributed by atoms with Crippen LogP contribution in [0.1, 0.15) is 51.4 Å². The van der Waals surface area contributed by atoms with Crippen molar-refractivity contribution in [2.75, 3.05) is 24.7 Å². The zero-order chi connectivity index (χ0) is 25.2. The van der Waals surface area contributed by atoms with Crippen LogP contribution in [0, 0.1) is 12.8 Å². The summed E-state index contributed by atoms with van der Waals surface area (Å²) in [5.74, 6) is 1.67. The fourth-order valence-corrected chi connectivity index (χ4v) is 5.12. The molecular weight excluding hydrogens is 482 g/mol. The Hall–Kier alpha value is -2.59. The lowest BCUT2D eigenvalue weighted by Crippen LogP contribution is -2.21. The number of aromatic nitrogens is 2. The van der Waals surface area contributed by atoms with Crippen LogP contribution in [0.2, 0.25) is 0 Å². The molecule has 0 aromatic carbocycles. The summed E-state index contributed by atoms with van der Waals surface area (Å²) in [5, 5.41) is 17.9. The van der Waals surface area contributed by atoms with Crippen LogP contribution < -0.4 is 10.6 Å². The average molecular weight is 514 g/mol. The molecule has 182 valence electrons. The topological polar surface area (TPSA) is 121 Å². The number of hydrogen-bond donors (Lipinski definition) is 3. The fourth-order valence-electron chi connectivity index (χ4n) is 2.25. The van der Waals surface area contributed by atoms with Crippen molar-refractivity contribution in [1.82, 2.24) is 13.1 Å². The van der Waals surface area contributed by atoms with E-state index in [2.05, 4.69) is 59.9 Å². The SMILES string of the molecule is C#C.CC(C)c1coc(CNc2nsnc2Nc2csc(S(=O)(=O)N(C)C)c2O)c1.CCC. The van der Waals surface area contributed by atoms with E-state index in [1.807, 2.05) is 6.07 Å². The van der Waals surface area contributed by atoms with E-state index in [4.69, 9.17) is 4.42 Å². The Labute approximate surface area is 204 Å². The Balaban J connectivity index is 0.00000101. The van der Waals surface area contributed by atoms with Crippen molar-refractivity contribution < 1.29 is 17.9 Å². The Bertz CT molecular complexity index is 1110. The Morgan fingerprint density at radius 2 is 1.82 bits per heavy atom.